The average molecular weight is 377 g/mol. The highest BCUT2D eigenvalue weighted by atomic mass is 16.5. The van der Waals surface area contributed by atoms with Crippen LogP contribution in [0.2, 0.25) is 0 Å². The summed E-state index contributed by atoms with van der Waals surface area (Å²) in [5.41, 5.74) is 2.63. The van der Waals surface area contributed by atoms with E-state index in [0.717, 1.165) is 24.3 Å². The first-order valence-electron chi connectivity index (χ1n) is 9.07. The Labute approximate surface area is 164 Å². The van der Waals surface area contributed by atoms with Crippen molar-refractivity contribution in [2.45, 2.75) is 12.8 Å². The zero-order chi connectivity index (χ0) is 19.6. The minimum atomic E-state index is -0.306. The first-order valence-corrected chi connectivity index (χ1v) is 9.07. The lowest BCUT2D eigenvalue weighted by Crippen LogP contribution is -2.19. The molecule has 0 atom stereocenters. The Morgan fingerprint density at radius 1 is 0.857 bits per heavy atom. The molecule has 2 aromatic carbocycles. The maximum Gasteiger partial charge on any atom is 0.323 e. The number of methoxy groups -OCH3 is 1. The molecule has 0 spiro atoms. The molecule has 2 N–H and O–H groups in total. The Hall–Kier alpha value is -3.54. The number of carbonyl (C=O) groups excluding carboxylic acids is 1. The van der Waals surface area contributed by atoms with Crippen LogP contribution >= 0.6 is 0 Å². The zero-order valence-corrected chi connectivity index (χ0v) is 15.7. The predicted octanol–water partition coefficient (Wildman–Crippen LogP) is 4.75. The van der Waals surface area contributed by atoms with Gasteiger partial charge in [-0.05, 0) is 66.9 Å². The third-order valence-corrected chi connectivity index (χ3v) is 4.09. The SMILES string of the molecule is COc1ccc(CCCOc2ccc(NC(=O)Nc3ccncc3)cc2)cc1. The van der Waals surface area contributed by atoms with E-state index >= 15 is 0 Å². The summed E-state index contributed by atoms with van der Waals surface area (Å²) in [6.07, 6.45) is 5.10. The molecule has 0 saturated heterocycles. The molecule has 0 aliphatic heterocycles. The summed E-state index contributed by atoms with van der Waals surface area (Å²) >= 11 is 0. The summed E-state index contributed by atoms with van der Waals surface area (Å²) in [5, 5.41) is 5.52. The number of nitrogens with zero attached hydrogens (tertiary/aromatic N) is 1. The van der Waals surface area contributed by atoms with Gasteiger partial charge in [0.2, 0.25) is 0 Å². The van der Waals surface area contributed by atoms with Crippen LogP contribution in [0.15, 0.2) is 73.1 Å². The van der Waals surface area contributed by atoms with Crippen LogP contribution in [0.25, 0.3) is 0 Å². The Morgan fingerprint density at radius 2 is 1.46 bits per heavy atom. The number of hydrogen-bond donors (Lipinski definition) is 2. The zero-order valence-electron chi connectivity index (χ0n) is 15.7. The highest BCUT2D eigenvalue weighted by Gasteiger charge is 2.03. The van der Waals surface area contributed by atoms with Gasteiger partial charge in [-0.1, -0.05) is 12.1 Å². The second-order valence-electron chi connectivity index (χ2n) is 6.14. The van der Waals surface area contributed by atoms with Crippen molar-refractivity contribution in [2.24, 2.45) is 0 Å². The number of aryl methyl sites for hydroxylation is 1. The molecule has 0 bridgehead atoms. The Balaban J connectivity index is 1.39. The molecule has 0 aliphatic rings. The standard InChI is InChI=1S/C22H23N3O3/c1-27-20-8-4-17(5-9-20)3-2-16-28-21-10-6-18(7-11-21)24-22(26)25-19-12-14-23-15-13-19/h4-15H,2-3,16H2,1H3,(H2,23,24,25,26). The van der Waals surface area contributed by atoms with Crippen molar-refractivity contribution in [1.29, 1.82) is 0 Å². The van der Waals surface area contributed by atoms with E-state index in [-0.39, 0.29) is 6.03 Å². The molecule has 0 radical (unpaired) electrons. The molecule has 6 nitrogen and oxygen atoms in total. The largest absolute Gasteiger partial charge is 0.497 e. The third kappa shape index (κ3) is 6.02. The Morgan fingerprint density at radius 3 is 2.11 bits per heavy atom. The number of aromatic nitrogens is 1. The molecule has 144 valence electrons. The number of carbonyl (C=O) groups is 1. The maximum atomic E-state index is 12.0. The Kier molecular flexibility index (Phi) is 6.84. The van der Waals surface area contributed by atoms with Crippen LogP contribution in [0.1, 0.15) is 12.0 Å². The van der Waals surface area contributed by atoms with Crippen molar-refractivity contribution in [3.63, 3.8) is 0 Å². The highest BCUT2D eigenvalue weighted by Crippen LogP contribution is 2.17. The van der Waals surface area contributed by atoms with E-state index in [1.807, 2.05) is 36.4 Å². The predicted molar refractivity (Wildman–Crippen MR) is 110 cm³/mol. The van der Waals surface area contributed by atoms with Crippen molar-refractivity contribution < 1.29 is 14.3 Å². The van der Waals surface area contributed by atoms with E-state index in [1.54, 1.807) is 31.6 Å². The lowest BCUT2D eigenvalue weighted by atomic mass is 10.1. The number of benzene rings is 2. The van der Waals surface area contributed by atoms with Gasteiger partial charge in [-0.3, -0.25) is 4.98 Å². The van der Waals surface area contributed by atoms with Crippen LogP contribution in [0, 0.1) is 0 Å². The number of urea groups is 1. The van der Waals surface area contributed by atoms with E-state index in [0.29, 0.717) is 18.0 Å². The molecular formula is C22H23N3O3. The molecule has 6 heteroatoms. The van der Waals surface area contributed by atoms with Gasteiger partial charge in [-0.15, -0.1) is 0 Å². The van der Waals surface area contributed by atoms with Gasteiger partial charge in [0.25, 0.3) is 0 Å². The summed E-state index contributed by atoms with van der Waals surface area (Å²) in [5.74, 6) is 1.64. The van der Waals surface area contributed by atoms with E-state index < -0.39 is 0 Å². The third-order valence-electron chi connectivity index (χ3n) is 4.09. The number of pyridine rings is 1. The van der Waals surface area contributed by atoms with Crippen LogP contribution in [0.3, 0.4) is 0 Å². The van der Waals surface area contributed by atoms with Crippen LogP contribution < -0.4 is 20.1 Å². The molecule has 1 heterocycles. The number of rotatable bonds is 8. The van der Waals surface area contributed by atoms with Gasteiger partial charge in [-0.25, -0.2) is 4.79 Å². The molecule has 3 aromatic rings. The molecule has 0 aliphatic carbocycles. The fourth-order valence-electron chi connectivity index (χ4n) is 2.62. The summed E-state index contributed by atoms with van der Waals surface area (Å²) in [6, 6.07) is 18.5. The van der Waals surface area contributed by atoms with E-state index in [2.05, 4.69) is 27.8 Å². The fraction of sp³-hybridized carbons (Fsp3) is 0.182. The van der Waals surface area contributed by atoms with Crippen molar-refractivity contribution in [1.82, 2.24) is 4.98 Å². The van der Waals surface area contributed by atoms with Crippen molar-refractivity contribution >= 4 is 17.4 Å². The minimum absolute atomic E-state index is 0.306. The van der Waals surface area contributed by atoms with Gasteiger partial charge < -0.3 is 20.1 Å². The number of nitrogens with one attached hydrogen (secondary N) is 2. The topological polar surface area (TPSA) is 72.5 Å². The Bertz CT molecular complexity index is 866. The normalized spacial score (nSPS) is 10.2. The van der Waals surface area contributed by atoms with Gasteiger partial charge in [0.1, 0.15) is 11.5 Å². The van der Waals surface area contributed by atoms with Crippen LogP contribution in [0.5, 0.6) is 11.5 Å². The smallest absolute Gasteiger partial charge is 0.323 e. The first kappa shape index (κ1) is 19.2. The maximum absolute atomic E-state index is 12.0. The van der Waals surface area contributed by atoms with Gasteiger partial charge in [-0.2, -0.15) is 0 Å². The van der Waals surface area contributed by atoms with Crippen molar-refractivity contribution in [2.75, 3.05) is 24.4 Å². The fourth-order valence-corrected chi connectivity index (χ4v) is 2.62. The van der Waals surface area contributed by atoms with Crippen LogP contribution in [0.4, 0.5) is 16.2 Å². The van der Waals surface area contributed by atoms with E-state index in [4.69, 9.17) is 9.47 Å². The molecule has 3 rings (SSSR count). The highest BCUT2D eigenvalue weighted by molar-refractivity contribution is 5.99. The monoisotopic (exact) mass is 377 g/mol. The van der Waals surface area contributed by atoms with Gasteiger partial charge in [0, 0.05) is 23.8 Å². The van der Waals surface area contributed by atoms with Gasteiger partial charge in [0.05, 0.1) is 13.7 Å². The minimum Gasteiger partial charge on any atom is -0.497 e. The lowest BCUT2D eigenvalue weighted by molar-refractivity contribution is 0.262. The summed E-state index contributed by atoms with van der Waals surface area (Å²) in [6.45, 7) is 0.626. The number of amides is 2. The molecule has 2 amide bonds. The van der Waals surface area contributed by atoms with Crippen molar-refractivity contribution in [3.8, 4) is 11.5 Å². The number of hydrogen-bond acceptors (Lipinski definition) is 4. The molecule has 0 unspecified atom stereocenters. The van der Waals surface area contributed by atoms with Crippen LogP contribution in [-0.4, -0.2) is 24.7 Å². The van der Waals surface area contributed by atoms with E-state index in [1.165, 1.54) is 5.56 Å². The molecule has 28 heavy (non-hydrogen) atoms. The van der Waals surface area contributed by atoms with Crippen LogP contribution in [-0.2, 0) is 6.42 Å². The summed E-state index contributed by atoms with van der Waals surface area (Å²) in [7, 11) is 1.66. The second kappa shape index (κ2) is 9.97. The quantitative estimate of drug-likeness (QED) is 0.556. The molecular weight excluding hydrogens is 354 g/mol. The molecule has 0 saturated carbocycles. The number of ether oxygens (including phenoxy) is 2. The van der Waals surface area contributed by atoms with Gasteiger partial charge in [0.15, 0.2) is 0 Å². The molecule has 1 aromatic heterocycles. The first-order chi connectivity index (χ1) is 13.7. The second-order valence-corrected chi connectivity index (χ2v) is 6.14. The average Bonchev–Trinajstić information content (AvgIpc) is 2.73. The van der Waals surface area contributed by atoms with Crippen molar-refractivity contribution in [3.05, 3.63) is 78.6 Å². The summed E-state index contributed by atoms with van der Waals surface area (Å²) in [4.78, 5) is 15.9. The van der Waals surface area contributed by atoms with Gasteiger partial charge >= 0.3 is 6.03 Å². The lowest BCUT2D eigenvalue weighted by Gasteiger charge is -2.09. The van der Waals surface area contributed by atoms with E-state index in [9.17, 15) is 4.79 Å². The number of anilines is 2. The molecule has 0 fully saturated rings. The summed E-state index contributed by atoms with van der Waals surface area (Å²) < 4.78 is 10.9.